The Bertz CT molecular complexity index is 1230. The van der Waals surface area contributed by atoms with E-state index in [1.807, 2.05) is 37.3 Å². The first-order valence-electron chi connectivity index (χ1n) is 13.3. The molecule has 0 aromatic heterocycles. The third kappa shape index (κ3) is 4.40. The van der Waals surface area contributed by atoms with Crippen LogP contribution in [0.1, 0.15) is 38.7 Å². The van der Waals surface area contributed by atoms with Crippen LogP contribution in [0.3, 0.4) is 0 Å². The van der Waals surface area contributed by atoms with Gasteiger partial charge in [0.1, 0.15) is 6.04 Å². The van der Waals surface area contributed by atoms with Crippen molar-refractivity contribution in [2.24, 2.45) is 11.8 Å². The van der Waals surface area contributed by atoms with E-state index in [4.69, 9.17) is 11.6 Å². The number of fused-ring (bicyclic) bond motifs is 1. The Hall–Kier alpha value is -2.55. The van der Waals surface area contributed by atoms with Crippen LogP contribution in [0.2, 0.25) is 5.02 Å². The predicted octanol–water partition coefficient (Wildman–Crippen LogP) is 3.89. The highest BCUT2D eigenvalue weighted by Gasteiger charge is 2.77. The number of anilines is 1. The Morgan fingerprint density at radius 1 is 1.13 bits per heavy atom. The molecule has 2 unspecified atom stereocenters. The van der Waals surface area contributed by atoms with E-state index in [9.17, 15) is 19.5 Å². The number of hydrogen-bond donors (Lipinski definition) is 3. The number of amides is 3. The zero-order valence-electron chi connectivity index (χ0n) is 21.7. The van der Waals surface area contributed by atoms with Gasteiger partial charge in [-0.3, -0.25) is 14.4 Å². The fraction of sp³-hybridized carbons (Fsp3) is 0.483. The van der Waals surface area contributed by atoms with Crippen LogP contribution < -0.4 is 10.6 Å². The first-order chi connectivity index (χ1) is 18.3. The number of nitrogens with zero attached hydrogens (tertiary/aromatic N) is 1. The molecule has 1 spiro atoms. The van der Waals surface area contributed by atoms with Crippen molar-refractivity contribution in [1.82, 2.24) is 10.2 Å². The molecule has 3 N–H and O–H groups in total. The van der Waals surface area contributed by atoms with E-state index >= 15 is 0 Å². The van der Waals surface area contributed by atoms with Crippen molar-refractivity contribution in [3.8, 4) is 0 Å². The number of aliphatic hydroxyl groups excluding tert-OH is 1. The summed E-state index contributed by atoms with van der Waals surface area (Å²) < 4.78 is -1.21. The summed E-state index contributed by atoms with van der Waals surface area (Å²) in [7, 11) is 0. The number of rotatable bonds is 9. The van der Waals surface area contributed by atoms with E-state index in [1.165, 1.54) is 0 Å². The molecule has 9 heteroatoms. The smallest absolute Gasteiger partial charge is 0.248 e. The molecule has 0 radical (unpaired) electrons. The highest BCUT2D eigenvalue weighted by molar-refractivity contribution is 8.02. The summed E-state index contributed by atoms with van der Waals surface area (Å²) in [6.07, 6.45) is 2.57. The first kappa shape index (κ1) is 27.0. The Kier molecular flexibility index (Phi) is 7.50. The fourth-order valence-electron chi connectivity index (χ4n) is 6.72. The topological polar surface area (TPSA) is 98.7 Å². The van der Waals surface area contributed by atoms with Gasteiger partial charge in [-0.15, -0.1) is 11.8 Å². The third-order valence-corrected chi connectivity index (χ3v) is 10.7. The number of para-hydroxylation sites is 1. The largest absolute Gasteiger partial charge is 0.394 e. The molecule has 202 valence electrons. The van der Waals surface area contributed by atoms with Gasteiger partial charge < -0.3 is 20.6 Å². The Balaban J connectivity index is 1.56. The predicted molar refractivity (Wildman–Crippen MR) is 150 cm³/mol. The Morgan fingerprint density at radius 2 is 1.84 bits per heavy atom. The summed E-state index contributed by atoms with van der Waals surface area (Å²) in [5.74, 6) is -1.89. The maximum absolute atomic E-state index is 14.3. The Morgan fingerprint density at radius 3 is 2.53 bits per heavy atom. The van der Waals surface area contributed by atoms with E-state index in [1.54, 1.807) is 40.9 Å². The molecule has 3 saturated heterocycles. The highest BCUT2D eigenvalue weighted by Crippen LogP contribution is 2.71. The molecule has 6 atom stereocenters. The summed E-state index contributed by atoms with van der Waals surface area (Å²) >= 11 is 7.98. The maximum atomic E-state index is 14.3. The van der Waals surface area contributed by atoms with Crippen molar-refractivity contribution >= 4 is 46.8 Å². The number of carbonyl (C=O) groups excluding carboxylic acids is 3. The van der Waals surface area contributed by atoms with Gasteiger partial charge in [0.2, 0.25) is 17.7 Å². The quantitative estimate of drug-likeness (QED) is 0.436. The van der Waals surface area contributed by atoms with Crippen molar-refractivity contribution in [1.29, 1.82) is 0 Å². The minimum Gasteiger partial charge on any atom is -0.394 e. The van der Waals surface area contributed by atoms with Crippen LogP contribution in [0.15, 0.2) is 54.6 Å². The highest BCUT2D eigenvalue weighted by atomic mass is 35.5. The molecular formula is C29H34ClN3O4S. The molecular weight excluding hydrogens is 522 g/mol. The lowest BCUT2D eigenvalue weighted by atomic mass is 9.66. The molecule has 3 aliphatic heterocycles. The lowest BCUT2D eigenvalue weighted by molar-refractivity contribution is -0.142. The van der Waals surface area contributed by atoms with Crippen LogP contribution >= 0.6 is 23.4 Å². The number of nitrogens with one attached hydrogen (secondary N) is 2. The average Bonchev–Trinajstić information content (AvgIpc) is 3.48. The standard InChI is InChI=1S/C29H34ClN3O4S/c1-3-15-31-25(35)22-23-27(37)33(19(17-34)16-18-9-5-4-6-10-18)24(29(23)14-13-28(22,2)38-29)26(36)32-21-12-8-7-11-20(21)30/h4-12,19,22-24,34H,3,13-17H2,1-2H3,(H,31,35)(H,32,36)/t19-,22+,23+,24?,28-,29?/m1/s1. The number of benzene rings is 2. The molecule has 3 heterocycles. The second-order valence-electron chi connectivity index (χ2n) is 10.8. The van der Waals surface area contributed by atoms with E-state index in [0.717, 1.165) is 18.4 Å². The first-order valence-corrected chi connectivity index (χ1v) is 14.5. The van der Waals surface area contributed by atoms with E-state index in [-0.39, 0.29) is 24.3 Å². The molecule has 38 heavy (non-hydrogen) atoms. The Labute approximate surface area is 232 Å². The molecule has 3 aliphatic rings. The molecule has 5 rings (SSSR count). The minimum atomic E-state index is -0.854. The second-order valence-corrected chi connectivity index (χ2v) is 13.1. The molecule has 2 aromatic carbocycles. The number of likely N-dealkylation sites (tertiary alicyclic amines) is 1. The number of carbonyl (C=O) groups is 3. The molecule has 0 aliphatic carbocycles. The summed E-state index contributed by atoms with van der Waals surface area (Å²) in [5.41, 5.74) is 1.43. The summed E-state index contributed by atoms with van der Waals surface area (Å²) in [6.45, 7) is 4.28. The zero-order valence-corrected chi connectivity index (χ0v) is 23.2. The van der Waals surface area contributed by atoms with E-state index in [2.05, 4.69) is 17.6 Å². The van der Waals surface area contributed by atoms with Crippen molar-refractivity contribution < 1.29 is 19.5 Å². The number of aliphatic hydroxyl groups is 1. The van der Waals surface area contributed by atoms with Gasteiger partial charge in [-0.2, -0.15) is 0 Å². The lowest BCUT2D eigenvalue weighted by Crippen LogP contribution is -2.55. The summed E-state index contributed by atoms with van der Waals surface area (Å²) in [6, 6.07) is 15.2. The van der Waals surface area contributed by atoms with Crippen LogP contribution in [-0.4, -0.2) is 62.5 Å². The average molecular weight is 556 g/mol. The van der Waals surface area contributed by atoms with Gasteiger partial charge in [0.05, 0.1) is 39.9 Å². The SMILES string of the molecule is CCCNC(=O)[C@@H]1[C@H]2C(=O)N([C@@H](CO)Cc3ccccc3)C(C(=O)Nc3ccccc3Cl)C23CC[C@@]1(C)S3. The number of halogens is 1. The fourth-order valence-corrected chi connectivity index (χ4v) is 9.24. The van der Waals surface area contributed by atoms with Crippen LogP contribution in [0.5, 0.6) is 0 Å². The minimum absolute atomic E-state index is 0.127. The third-order valence-electron chi connectivity index (χ3n) is 8.34. The number of thioether (sulfide) groups is 1. The molecule has 2 aromatic rings. The van der Waals surface area contributed by atoms with Crippen molar-refractivity contribution in [3.63, 3.8) is 0 Å². The van der Waals surface area contributed by atoms with Gasteiger partial charge in [-0.25, -0.2) is 0 Å². The monoisotopic (exact) mass is 555 g/mol. The van der Waals surface area contributed by atoms with Crippen LogP contribution in [-0.2, 0) is 20.8 Å². The van der Waals surface area contributed by atoms with Gasteiger partial charge in [0.25, 0.3) is 0 Å². The van der Waals surface area contributed by atoms with Crippen molar-refractivity contribution in [2.75, 3.05) is 18.5 Å². The van der Waals surface area contributed by atoms with Gasteiger partial charge in [-0.1, -0.05) is 61.0 Å². The van der Waals surface area contributed by atoms with E-state index in [0.29, 0.717) is 30.1 Å². The zero-order chi connectivity index (χ0) is 27.1. The van der Waals surface area contributed by atoms with Crippen LogP contribution in [0.4, 0.5) is 5.69 Å². The van der Waals surface area contributed by atoms with Crippen molar-refractivity contribution in [2.45, 2.75) is 61.1 Å². The normalized spacial score (nSPS) is 30.3. The van der Waals surface area contributed by atoms with Gasteiger partial charge in [0.15, 0.2) is 0 Å². The molecule has 3 amide bonds. The van der Waals surface area contributed by atoms with Gasteiger partial charge in [0, 0.05) is 11.3 Å². The van der Waals surface area contributed by atoms with E-state index < -0.39 is 33.4 Å². The van der Waals surface area contributed by atoms with Crippen LogP contribution in [0.25, 0.3) is 0 Å². The maximum Gasteiger partial charge on any atom is 0.248 e. The molecule has 0 saturated carbocycles. The second kappa shape index (κ2) is 10.5. The lowest BCUT2D eigenvalue weighted by Gasteiger charge is -2.37. The van der Waals surface area contributed by atoms with Crippen LogP contribution in [0, 0.1) is 11.8 Å². The van der Waals surface area contributed by atoms with Crippen molar-refractivity contribution in [3.05, 3.63) is 65.2 Å². The molecule has 7 nitrogen and oxygen atoms in total. The summed E-state index contributed by atoms with van der Waals surface area (Å²) in [4.78, 5) is 43.5. The number of hydrogen-bond acceptors (Lipinski definition) is 5. The van der Waals surface area contributed by atoms with Gasteiger partial charge in [-0.05, 0) is 50.3 Å². The summed E-state index contributed by atoms with van der Waals surface area (Å²) in [5, 5.41) is 16.9. The molecule has 2 bridgehead atoms. The van der Waals surface area contributed by atoms with Gasteiger partial charge >= 0.3 is 0 Å². The molecule has 3 fully saturated rings.